The van der Waals surface area contributed by atoms with Crippen LogP contribution < -0.4 is 10.6 Å². The lowest BCUT2D eigenvalue weighted by atomic mass is 10.0. The molecule has 2 unspecified atom stereocenters. The van der Waals surface area contributed by atoms with E-state index in [1.165, 1.54) is 0 Å². The van der Waals surface area contributed by atoms with Crippen LogP contribution in [0.3, 0.4) is 0 Å². The van der Waals surface area contributed by atoms with Gasteiger partial charge < -0.3 is 15.4 Å². The lowest BCUT2D eigenvalue weighted by molar-refractivity contribution is -0.129. The van der Waals surface area contributed by atoms with E-state index in [1.54, 1.807) is 0 Å². The van der Waals surface area contributed by atoms with Crippen LogP contribution in [0, 0.1) is 18.3 Å². The Bertz CT molecular complexity index is 329. The Morgan fingerprint density at radius 1 is 1.53 bits per heavy atom. The van der Waals surface area contributed by atoms with Crippen LogP contribution in [0.25, 0.3) is 0 Å². The van der Waals surface area contributed by atoms with E-state index < -0.39 is 6.04 Å². The molecule has 2 amide bonds. The zero-order valence-electron chi connectivity index (χ0n) is 10.2. The Morgan fingerprint density at radius 2 is 2.18 bits per heavy atom. The van der Waals surface area contributed by atoms with E-state index in [-0.39, 0.29) is 24.5 Å². The summed E-state index contributed by atoms with van der Waals surface area (Å²) in [4.78, 5) is 23.3. The third-order valence-corrected chi connectivity index (χ3v) is 2.33. The number of ether oxygens (including phenoxy) is 1. The summed E-state index contributed by atoms with van der Waals surface area (Å²) in [7, 11) is 0. The maximum atomic E-state index is 11.8. The number of hydrogen-bond donors (Lipinski definition) is 2. The second kappa shape index (κ2) is 6.26. The van der Waals surface area contributed by atoms with Gasteiger partial charge in [-0.2, -0.15) is 0 Å². The Balaban J connectivity index is 2.49. The zero-order chi connectivity index (χ0) is 12.8. The second-order valence-electron chi connectivity index (χ2n) is 4.43. The number of rotatable bonds is 6. The Hall–Kier alpha value is -1.54. The van der Waals surface area contributed by atoms with E-state index in [1.807, 2.05) is 13.8 Å². The molecule has 0 aromatic rings. The second-order valence-corrected chi connectivity index (χ2v) is 4.43. The topological polar surface area (TPSA) is 70.7 Å². The van der Waals surface area contributed by atoms with Gasteiger partial charge in [-0.1, -0.05) is 19.8 Å². The molecule has 5 nitrogen and oxygen atoms in total. The first-order valence-electron chi connectivity index (χ1n) is 5.67. The molecule has 5 heteroatoms. The van der Waals surface area contributed by atoms with Gasteiger partial charge in [0.05, 0.1) is 13.2 Å². The number of carbonyl (C=O) groups excluding carboxylic acids is 2. The first-order valence-corrected chi connectivity index (χ1v) is 5.67. The van der Waals surface area contributed by atoms with Gasteiger partial charge in [-0.15, -0.1) is 6.42 Å². The van der Waals surface area contributed by atoms with Crippen LogP contribution >= 0.6 is 0 Å². The highest BCUT2D eigenvalue weighted by molar-refractivity contribution is 5.90. The number of hydrogen-bond acceptors (Lipinski definition) is 3. The summed E-state index contributed by atoms with van der Waals surface area (Å²) < 4.78 is 4.86. The van der Waals surface area contributed by atoms with Gasteiger partial charge in [0, 0.05) is 0 Å². The fourth-order valence-corrected chi connectivity index (χ4v) is 1.43. The molecule has 17 heavy (non-hydrogen) atoms. The van der Waals surface area contributed by atoms with Crippen molar-refractivity contribution in [2.45, 2.75) is 32.4 Å². The number of nitrogens with one attached hydrogen (secondary N) is 2. The van der Waals surface area contributed by atoms with Crippen LogP contribution in [-0.4, -0.2) is 37.1 Å². The number of epoxide rings is 1. The van der Waals surface area contributed by atoms with Crippen molar-refractivity contribution in [3.63, 3.8) is 0 Å². The van der Waals surface area contributed by atoms with E-state index in [9.17, 15) is 9.59 Å². The minimum absolute atomic E-state index is 0.170. The van der Waals surface area contributed by atoms with Crippen LogP contribution in [0.4, 0.5) is 0 Å². The number of terminal acetylenes is 1. The van der Waals surface area contributed by atoms with Gasteiger partial charge in [0.15, 0.2) is 6.10 Å². The van der Waals surface area contributed by atoms with Crippen LogP contribution in [0.5, 0.6) is 0 Å². The molecule has 1 fully saturated rings. The first-order chi connectivity index (χ1) is 8.04. The predicted molar refractivity (Wildman–Crippen MR) is 63.0 cm³/mol. The smallest absolute Gasteiger partial charge is 0.252 e. The molecule has 1 saturated heterocycles. The molecule has 1 aliphatic heterocycles. The molecule has 2 atom stereocenters. The van der Waals surface area contributed by atoms with Crippen molar-refractivity contribution in [1.82, 2.24) is 10.6 Å². The van der Waals surface area contributed by atoms with Gasteiger partial charge in [0.25, 0.3) is 5.91 Å². The highest BCUT2D eigenvalue weighted by atomic mass is 16.6. The number of amides is 2. The molecule has 1 aliphatic rings. The summed E-state index contributed by atoms with van der Waals surface area (Å²) in [6, 6.07) is -0.542. The van der Waals surface area contributed by atoms with Crippen molar-refractivity contribution in [2.75, 3.05) is 13.2 Å². The van der Waals surface area contributed by atoms with E-state index in [0.29, 0.717) is 18.9 Å². The van der Waals surface area contributed by atoms with Crippen molar-refractivity contribution < 1.29 is 14.3 Å². The van der Waals surface area contributed by atoms with Gasteiger partial charge in [-0.05, 0) is 12.3 Å². The van der Waals surface area contributed by atoms with Crippen molar-refractivity contribution in [3.8, 4) is 12.3 Å². The highest BCUT2D eigenvalue weighted by Crippen LogP contribution is 2.11. The molecule has 1 heterocycles. The SMILES string of the molecule is C#CCNC(=O)C(CC(C)C)NC(=O)C1CO1. The zero-order valence-corrected chi connectivity index (χ0v) is 10.2. The summed E-state index contributed by atoms with van der Waals surface area (Å²) in [6.45, 7) is 4.58. The average molecular weight is 238 g/mol. The molecule has 0 aromatic carbocycles. The van der Waals surface area contributed by atoms with Gasteiger partial charge in [-0.25, -0.2) is 0 Å². The Kier molecular flexibility index (Phi) is 4.98. The van der Waals surface area contributed by atoms with Gasteiger partial charge in [0.2, 0.25) is 5.91 Å². The van der Waals surface area contributed by atoms with Crippen molar-refractivity contribution in [2.24, 2.45) is 5.92 Å². The summed E-state index contributed by atoms with van der Waals surface area (Å²) in [5.74, 6) is 2.15. The fraction of sp³-hybridized carbons (Fsp3) is 0.667. The van der Waals surface area contributed by atoms with Crippen molar-refractivity contribution in [3.05, 3.63) is 0 Å². The van der Waals surface area contributed by atoms with Crippen molar-refractivity contribution in [1.29, 1.82) is 0 Å². The van der Waals surface area contributed by atoms with Gasteiger partial charge in [-0.3, -0.25) is 9.59 Å². The molecule has 0 saturated carbocycles. The average Bonchev–Trinajstić information content (AvgIpc) is 3.07. The number of carbonyl (C=O) groups is 2. The minimum Gasteiger partial charge on any atom is -0.363 e. The van der Waals surface area contributed by atoms with Gasteiger partial charge >= 0.3 is 0 Å². The van der Waals surface area contributed by atoms with E-state index >= 15 is 0 Å². The van der Waals surface area contributed by atoms with Crippen LogP contribution in [-0.2, 0) is 14.3 Å². The van der Waals surface area contributed by atoms with Crippen LogP contribution in [0.1, 0.15) is 20.3 Å². The molecule has 0 aliphatic carbocycles. The molecule has 1 rings (SSSR count). The Morgan fingerprint density at radius 3 is 2.65 bits per heavy atom. The maximum Gasteiger partial charge on any atom is 0.252 e. The summed E-state index contributed by atoms with van der Waals surface area (Å²) in [6.07, 6.45) is 5.26. The molecular weight excluding hydrogens is 220 g/mol. The van der Waals surface area contributed by atoms with Gasteiger partial charge in [0.1, 0.15) is 6.04 Å². The summed E-state index contributed by atoms with van der Waals surface area (Å²) in [5.41, 5.74) is 0. The largest absolute Gasteiger partial charge is 0.363 e. The van der Waals surface area contributed by atoms with E-state index in [2.05, 4.69) is 16.6 Å². The van der Waals surface area contributed by atoms with Crippen LogP contribution in [0.2, 0.25) is 0 Å². The van der Waals surface area contributed by atoms with E-state index in [4.69, 9.17) is 11.2 Å². The van der Waals surface area contributed by atoms with Crippen LogP contribution in [0.15, 0.2) is 0 Å². The lowest BCUT2D eigenvalue weighted by Crippen LogP contribution is -2.48. The molecule has 0 bridgehead atoms. The molecule has 0 aromatic heterocycles. The third-order valence-electron chi connectivity index (χ3n) is 2.33. The highest BCUT2D eigenvalue weighted by Gasteiger charge is 2.34. The fourth-order valence-electron chi connectivity index (χ4n) is 1.43. The van der Waals surface area contributed by atoms with Crippen molar-refractivity contribution >= 4 is 11.8 Å². The normalized spacial score (nSPS) is 19.3. The summed E-state index contributed by atoms with van der Waals surface area (Å²) >= 11 is 0. The predicted octanol–water partition coefficient (Wildman–Crippen LogP) is -0.334. The first kappa shape index (κ1) is 13.5. The third kappa shape index (κ3) is 4.87. The molecule has 0 radical (unpaired) electrons. The Labute approximate surface area is 101 Å². The van der Waals surface area contributed by atoms with E-state index in [0.717, 1.165) is 0 Å². The quantitative estimate of drug-likeness (QED) is 0.491. The molecule has 94 valence electrons. The minimum atomic E-state index is -0.542. The molecule has 2 N–H and O–H groups in total. The summed E-state index contributed by atoms with van der Waals surface area (Å²) in [5, 5.41) is 5.25. The standard InChI is InChI=1S/C12H18N2O3/c1-4-5-13-11(15)9(6-8(2)3)14-12(16)10-7-17-10/h1,8-10H,5-7H2,2-3H3,(H,13,15)(H,14,16). The maximum absolute atomic E-state index is 11.8. The molecule has 0 spiro atoms. The molecular formula is C12H18N2O3. The monoisotopic (exact) mass is 238 g/mol. The lowest BCUT2D eigenvalue weighted by Gasteiger charge is -2.19.